The molecule has 1 rings (SSSR count). The lowest BCUT2D eigenvalue weighted by Crippen LogP contribution is -2.36. The molecule has 0 spiro atoms. The van der Waals surface area contributed by atoms with Gasteiger partial charge in [0.25, 0.3) is 0 Å². The largest absolute Gasteiger partial charge is 0.491 e. The molecule has 0 aromatic heterocycles. The molecule has 1 atom stereocenters. The van der Waals surface area contributed by atoms with Gasteiger partial charge in [0, 0.05) is 25.2 Å². The van der Waals surface area contributed by atoms with Crippen LogP contribution in [0.2, 0.25) is 0 Å². The first-order valence-electron chi connectivity index (χ1n) is 6.92. The summed E-state index contributed by atoms with van der Waals surface area (Å²) in [5.41, 5.74) is 6.34. The van der Waals surface area contributed by atoms with Crippen LogP contribution in [0.1, 0.15) is 5.56 Å². The lowest BCUT2D eigenvalue weighted by molar-refractivity contribution is 0.0746. The number of nitrogens with zero attached hydrogens (tertiary/aromatic N) is 2. The molecular formula is C15H25N3O2S. The van der Waals surface area contributed by atoms with Crippen LogP contribution in [0, 0.1) is 0 Å². The van der Waals surface area contributed by atoms with Crippen molar-refractivity contribution in [2.24, 2.45) is 5.73 Å². The summed E-state index contributed by atoms with van der Waals surface area (Å²) in [5, 5.41) is 9.99. The number of likely N-dealkylation sites (N-methyl/N-ethyl adjacent to an activating group) is 2. The van der Waals surface area contributed by atoms with Crippen LogP contribution in [0.4, 0.5) is 0 Å². The Balaban J connectivity index is 2.37. The Morgan fingerprint density at radius 3 is 2.67 bits per heavy atom. The van der Waals surface area contributed by atoms with E-state index >= 15 is 0 Å². The molecule has 0 radical (unpaired) electrons. The first-order valence-corrected chi connectivity index (χ1v) is 7.33. The van der Waals surface area contributed by atoms with Gasteiger partial charge in [-0.3, -0.25) is 0 Å². The first-order chi connectivity index (χ1) is 9.88. The Hall–Kier alpha value is -1.21. The lowest BCUT2D eigenvalue weighted by atomic mass is 10.2. The summed E-state index contributed by atoms with van der Waals surface area (Å²) in [6.45, 7) is 2.68. The predicted octanol–water partition coefficient (Wildman–Crippen LogP) is 0.554. The zero-order chi connectivity index (χ0) is 15.8. The number of aliphatic hydroxyl groups is 1. The molecule has 1 unspecified atom stereocenters. The molecule has 0 heterocycles. The van der Waals surface area contributed by atoms with E-state index in [-0.39, 0.29) is 6.61 Å². The number of ether oxygens (including phenoxy) is 1. The van der Waals surface area contributed by atoms with Crippen molar-refractivity contribution in [3.05, 3.63) is 29.8 Å². The monoisotopic (exact) mass is 311 g/mol. The molecule has 1 aromatic rings. The molecule has 0 aliphatic heterocycles. The van der Waals surface area contributed by atoms with Crippen molar-refractivity contribution in [3.8, 4) is 5.75 Å². The number of hydrogen-bond donors (Lipinski definition) is 2. The van der Waals surface area contributed by atoms with Crippen molar-refractivity contribution in [3.63, 3.8) is 0 Å². The second-order valence-electron chi connectivity index (χ2n) is 5.42. The van der Waals surface area contributed by atoms with E-state index in [1.807, 2.05) is 39.3 Å². The summed E-state index contributed by atoms with van der Waals surface area (Å²) >= 11 is 4.93. The molecule has 5 nitrogen and oxygen atoms in total. The van der Waals surface area contributed by atoms with Gasteiger partial charge < -0.3 is 25.4 Å². The average Bonchev–Trinajstić information content (AvgIpc) is 2.43. The number of nitrogens with two attached hydrogens (primary N) is 1. The molecule has 0 saturated heterocycles. The summed E-state index contributed by atoms with van der Waals surface area (Å²) in [7, 11) is 6.05. The van der Waals surface area contributed by atoms with E-state index in [0.29, 0.717) is 17.3 Å². The van der Waals surface area contributed by atoms with E-state index < -0.39 is 6.10 Å². The van der Waals surface area contributed by atoms with E-state index in [0.717, 1.165) is 18.7 Å². The van der Waals surface area contributed by atoms with E-state index in [1.54, 1.807) is 6.07 Å². The van der Waals surface area contributed by atoms with Crippen molar-refractivity contribution in [1.82, 2.24) is 9.80 Å². The summed E-state index contributed by atoms with van der Waals surface area (Å²) in [4.78, 5) is 4.53. The lowest BCUT2D eigenvalue weighted by Gasteiger charge is -2.22. The van der Waals surface area contributed by atoms with Gasteiger partial charge in [0.1, 0.15) is 23.4 Å². The predicted molar refractivity (Wildman–Crippen MR) is 89.9 cm³/mol. The molecule has 0 saturated carbocycles. The van der Waals surface area contributed by atoms with Crippen LogP contribution in [0.3, 0.4) is 0 Å². The molecule has 0 aliphatic rings. The van der Waals surface area contributed by atoms with Crippen LogP contribution in [-0.2, 0) is 0 Å². The molecule has 0 fully saturated rings. The zero-order valence-corrected chi connectivity index (χ0v) is 13.8. The minimum absolute atomic E-state index is 0.243. The van der Waals surface area contributed by atoms with Gasteiger partial charge in [-0.15, -0.1) is 0 Å². The fraction of sp³-hybridized carbons (Fsp3) is 0.533. The highest BCUT2D eigenvalue weighted by Gasteiger charge is 2.09. The Bertz CT molecular complexity index is 454. The molecule has 0 bridgehead atoms. The Morgan fingerprint density at radius 1 is 1.33 bits per heavy atom. The number of thiocarbonyl (C=S) groups is 1. The number of benzene rings is 1. The van der Waals surface area contributed by atoms with Crippen LogP contribution in [-0.4, -0.2) is 73.4 Å². The minimum Gasteiger partial charge on any atom is -0.491 e. The van der Waals surface area contributed by atoms with E-state index in [1.165, 1.54) is 0 Å². The maximum Gasteiger partial charge on any atom is 0.120 e. The molecule has 1 aromatic carbocycles. The van der Waals surface area contributed by atoms with Crippen LogP contribution in [0.25, 0.3) is 0 Å². The van der Waals surface area contributed by atoms with Crippen molar-refractivity contribution in [1.29, 1.82) is 0 Å². The normalized spacial score (nSPS) is 12.7. The third-order valence-electron chi connectivity index (χ3n) is 3.01. The van der Waals surface area contributed by atoms with Gasteiger partial charge in [0.05, 0.1) is 0 Å². The molecule has 0 aliphatic carbocycles. The molecule has 3 N–H and O–H groups in total. The van der Waals surface area contributed by atoms with Crippen LogP contribution >= 0.6 is 12.2 Å². The van der Waals surface area contributed by atoms with Crippen molar-refractivity contribution in [2.45, 2.75) is 6.10 Å². The summed E-state index contributed by atoms with van der Waals surface area (Å²) < 4.78 is 5.58. The second kappa shape index (κ2) is 8.94. The Kier molecular flexibility index (Phi) is 7.60. The van der Waals surface area contributed by atoms with Crippen molar-refractivity contribution < 1.29 is 9.84 Å². The third-order valence-corrected chi connectivity index (χ3v) is 3.25. The highest BCUT2D eigenvalue weighted by Crippen LogP contribution is 2.13. The Labute approximate surface area is 132 Å². The highest BCUT2D eigenvalue weighted by molar-refractivity contribution is 7.80. The second-order valence-corrected chi connectivity index (χ2v) is 5.86. The van der Waals surface area contributed by atoms with Gasteiger partial charge >= 0.3 is 0 Å². The van der Waals surface area contributed by atoms with Gasteiger partial charge in [0.15, 0.2) is 0 Å². The maximum atomic E-state index is 9.99. The Morgan fingerprint density at radius 2 is 2.05 bits per heavy atom. The standard InChI is InChI=1S/C15H25N3O2S/c1-17(2)7-8-18(3)10-13(19)11-20-14-6-4-5-12(9-14)15(16)21/h4-6,9,13,19H,7-8,10-11H2,1-3H3,(H2,16,21). The third kappa shape index (κ3) is 7.38. The van der Waals surface area contributed by atoms with Gasteiger partial charge in [-0.05, 0) is 33.3 Å². The zero-order valence-electron chi connectivity index (χ0n) is 13.0. The molecular weight excluding hydrogens is 286 g/mol. The summed E-state index contributed by atoms with van der Waals surface area (Å²) in [5.74, 6) is 0.662. The fourth-order valence-electron chi connectivity index (χ4n) is 1.81. The minimum atomic E-state index is -0.536. The summed E-state index contributed by atoms with van der Waals surface area (Å²) in [6, 6.07) is 7.27. The molecule has 6 heteroatoms. The van der Waals surface area contributed by atoms with E-state index in [4.69, 9.17) is 22.7 Å². The molecule has 0 amide bonds. The van der Waals surface area contributed by atoms with Gasteiger partial charge in [-0.25, -0.2) is 0 Å². The quantitative estimate of drug-likeness (QED) is 0.650. The van der Waals surface area contributed by atoms with E-state index in [9.17, 15) is 5.11 Å². The average molecular weight is 311 g/mol. The fourth-order valence-corrected chi connectivity index (χ4v) is 1.93. The first kappa shape index (κ1) is 17.8. The van der Waals surface area contributed by atoms with Crippen molar-refractivity contribution >= 4 is 17.2 Å². The van der Waals surface area contributed by atoms with Crippen molar-refractivity contribution in [2.75, 3.05) is 47.4 Å². The number of hydrogen-bond acceptors (Lipinski definition) is 5. The highest BCUT2D eigenvalue weighted by atomic mass is 32.1. The maximum absolute atomic E-state index is 9.99. The van der Waals surface area contributed by atoms with Gasteiger partial charge in [-0.1, -0.05) is 24.4 Å². The van der Waals surface area contributed by atoms with Crippen LogP contribution < -0.4 is 10.5 Å². The van der Waals surface area contributed by atoms with Crippen LogP contribution in [0.15, 0.2) is 24.3 Å². The van der Waals surface area contributed by atoms with E-state index in [2.05, 4.69) is 9.80 Å². The molecule has 118 valence electrons. The summed E-state index contributed by atoms with van der Waals surface area (Å²) in [6.07, 6.45) is -0.536. The SMILES string of the molecule is CN(C)CCN(C)CC(O)COc1cccc(C(N)=S)c1. The van der Waals surface area contributed by atoms with Crippen LogP contribution in [0.5, 0.6) is 5.75 Å². The molecule has 21 heavy (non-hydrogen) atoms. The number of aliphatic hydroxyl groups excluding tert-OH is 1. The number of rotatable bonds is 9. The topological polar surface area (TPSA) is 62.0 Å². The van der Waals surface area contributed by atoms with Gasteiger partial charge in [0.2, 0.25) is 0 Å². The smallest absolute Gasteiger partial charge is 0.120 e. The van der Waals surface area contributed by atoms with Gasteiger partial charge in [-0.2, -0.15) is 0 Å².